The fourth-order valence-corrected chi connectivity index (χ4v) is 4.53. The quantitative estimate of drug-likeness (QED) is 0.402. The lowest BCUT2D eigenvalue weighted by atomic mass is 10.0. The molecule has 0 spiro atoms. The third-order valence-electron chi connectivity index (χ3n) is 6.36. The zero-order chi connectivity index (χ0) is 24.5. The lowest BCUT2D eigenvalue weighted by Crippen LogP contribution is -2.35. The summed E-state index contributed by atoms with van der Waals surface area (Å²) < 4.78 is 40.0. The summed E-state index contributed by atoms with van der Waals surface area (Å²) in [5.41, 5.74) is 1.45. The fraction of sp³-hybridized carbons (Fsp3) is 0.423. The second kappa shape index (κ2) is 9.60. The summed E-state index contributed by atoms with van der Waals surface area (Å²) in [6.45, 7) is 6.02. The van der Waals surface area contributed by atoms with Crippen LogP contribution < -0.4 is 4.90 Å². The van der Waals surface area contributed by atoms with Gasteiger partial charge in [-0.1, -0.05) is 32.4 Å². The third-order valence-corrected chi connectivity index (χ3v) is 6.36. The molecule has 1 aromatic carbocycles. The van der Waals surface area contributed by atoms with Gasteiger partial charge in [0.15, 0.2) is 5.78 Å². The van der Waals surface area contributed by atoms with E-state index >= 15 is 0 Å². The predicted molar refractivity (Wildman–Crippen MR) is 124 cm³/mol. The molecule has 4 rings (SSSR count). The van der Waals surface area contributed by atoms with E-state index in [0.29, 0.717) is 44.1 Å². The molecule has 8 heteroatoms. The summed E-state index contributed by atoms with van der Waals surface area (Å²) in [4.78, 5) is 33.2. The Bertz CT molecular complexity index is 1090. The highest BCUT2D eigenvalue weighted by atomic mass is 19.4. The van der Waals surface area contributed by atoms with Crippen molar-refractivity contribution in [2.24, 2.45) is 5.92 Å². The minimum Gasteiger partial charge on any atom is -0.348 e. The van der Waals surface area contributed by atoms with Gasteiger partial charge in [0.25, 0.3) is 5.91 Å². The molecule has 180 valence electrons. The number of ketones is 1. The summed E-state index contributed by atoms with van der Waals surface area (Å²) in [5.74, 6) is 0.805. The Morgan fingerprint density at radius 1 is 1.00 bits per heavy atom. The lowest BCUT2D eigenvalue weighted by Gasteiger charge is -2.24. The van der Waals surface area contributed by atoms with Crippen molar-refractivity contribution in [2.75, 3.05) is 31.1 Å². The van der Waals surface area contributed by atoms with E-state index in [1.54, 1.807) is 12.3 Å². The normalized spacial score (nSPS) is 15.9. The van der Waals surface area contributed by atoms with Crippen LogP contribution in [0.3, 0.4) is 0 Å². The molecule has 2 aromatic rings. The van der Waals surface area contributed by atoms with Crippen LogP contribution >= 0.6 is 0 Å². The standard InChI is InChI=1S/C26H28F3N3O2/c1-17(2)6-5-9-23(33)18-10-11-24(30-12-18)31-13-19-15-32(16-20(19)14-31)25(34)21-7-3-4-8-22(21)26(27,28)29/h3-4,7-8,10-12,17H,5-6,9,13-16H2,1-2H3. The van der Waals surface area contributed by atoms with Gasteiger partial charge in [-0.3, -0.25) is 9.59 Å². The van der Waals surface area contributed by atoms with E-state index in [9.17, 15) is 22.8 Å². The number of anilines is 1. The summed E-state index contributed by atoms with van der Waals surface area (Å²) in [7, 11) is 0. The van der Waals surface area contributed by atoms with Crippen molar-refractivity contribution in [3.63, 3.8) is 0 Å². The number of rotatable bonds is 7. The smallest absolute Gasteiger partial charge is 0.348 e. The minimum atomic E-state index is -4.58. The largest absolute Gasteiger partial charge is 0.417 e. The number of hydrogen-bond acceptors (Lipinski definition) is 4. The molecular formula is C26H28F3N3O2. The molecule has 1 aromatic heterocycles. The van der Waals surface area contributed by atoms with Crippen molar-refractivity contribution in [3.05, 3.63) is 70.4 Å². The molecule has 34 heavy (non-hydrogen) atoms. The van der Waals surface area contributed by atoms with Crippen molar-refractivity contribution in [2.45, 2.75) is 39.3 Å². The van der Waals surface area contributed by atoms with Crippen molar-refractivity contribution < 1.29 is 22.8 Å². The van der Waals surface area contributed by atoms with E-state index in [2.05, 4.69) is 23.7 Å². The number of amides is 1. The van der Waals surface area contributed by atoms with Gasteiger partial charge in [-0.25, -0.2) is 4.98 Å². The van der Waals surface area contributed by atoms with Crippen molar-refractivity contribution in [1.82, 2.24) is 9.88 Å². The minimum absolute atomic E-state index is 0.0926. The van der Waals surface area contributed by atoms with Crippen molar-refractivity contribution in [1.29, 1.82) is 0 Å². The van der Waals surface area contributed by atoms with Gasteiger partial charge in [0.05, 0.1) is 11.1 Å². The van der Waals surface area contributed by atoms with Crippen LogP contribution in [0.2, 0.25) is 0 Å². The average Bonchev–Trinajstić information content (AvgIpc) is 3.37. The van der Waals surface area contributed by atoms with Crippen LogP contribution in [0.15, 0.2) is 53.7 Å². The summed E-state index contributed by atoms with van der Waals surface area (Å²) in [5, 5.41) is 0. The highest BCUT2D eigenvalue weighted by molar-refractivity contribution is 5.97. The maximum Gasteiger partial charge on any atom is 0.417 e. The Morgan fingerprint density at radius 3 is 2.26 bits per heavy atom. The lowest BCUT2D eigenvalue weighted by molar-refractivity contribution is -0.138. The number of hydrogen-bond donors (Lipinski definition) is 0. The molecule has 0 unspecified atom stereocenters. The average molecular weight is 472 g/mol. The molecule has 0 saturated carbocycles. The number of pyridine rings is 1. The number of alkyl halides is 3. The van der Waals surface area contributed by atoms with Gasteiger partial charge in [0, 0.05) is 44.4 Å². The van der Waals surface area contributed by atoms with E-state index in [1.807, 2.05) is 6.07 Å². The first-order valence-electron chi connectivity index (χ1n) is 11.5. The first kappa shape index (κ1) is 24.0. The summed E-state index contributed by atoms with van der Waals surface area (Å²) >= 11 is 0. The SMILES string of the molecule is CC(C)CCCC(=O)c1ccc(N2CC3=C(CN(C(=O)c4ccccc4C(F)(F)F)C3)C2)nc1. The first-order valence-corrected chi connectivity index (χ1v) is 11.5. The number of nitrogens with zero attached hydrogens (tertiary/aromatic N) is 3. The van der Waals surface area contributed by atoms with Crippen LogP contribution in [-0.4, -0.2) is 47.8 Å². The van der Waals surface area contributed by atoms with Gasteiger partial charge in [-0.05, 0) is 47.8 Å². The van der Waals surface area contributed by atoms with E-state index in [0.717, 1.165) is 35.9 Å². The molecule has 1 amide bonds. The Morgan fingerprint density at radius 2 is 1.68 bits per heavy atom. The predicted octanol–water partition coefficient (Wildman–Crippen LogP) is 5.38. The Kier molecular flexibility index (Phi) is 6.77. The van der Waals surface area contributed by atoms with Crippen molar-refractivity contribution in [3.8, 4) is 0 Å². The highest BCUT2D eigenvalue weighted by Crippen LogP contribution is 2.34. The van der Waals surface area contributed by atoms with Crippen LogP contribution in [0.4, 0.5) is 19.0 Å². The van der Waals surface area contributed by atoms with E-state index in [-0.39, 0.29) is 11.3 Å². The zero-order valence-corrected chi connectivity index (χ0v) is 19.4. The zero-order valence-electron chi connectivity index (χ0n) is 19.4. The number of aromatic nitrogens is 1. The third kappa shape index (κ3) is 5.16. The maximum atomic E-state index is 13.3. The van der Waals surface area contributed by atoms with Crippen LogP contribution in [0.1, 0.15) is 59.4 Å². The second-order valence-electron chi connectivity index (χ2n) is 9.38. The molecule has 0 aliphatic carbocycles. The Balaban J connectivity index is 1.35. The van der Waals surface area contributed by atoms with Gasteiger partial charge in [0.1, 0.15) is 5.82 Å². The van der Waals surface area contributed by atoms with Gasteiger partial charge in [-0.15, -0.1) is 0 Å². The second-order valence-corrected chi connectivity index (χ2v) is 9.38. The van der Waals surface area contributed by atoms with E-state index in [1.165, 1.54) is 23.1 Å². The molecule has 3 heterocycles. The molecule has 0 N–H and O–H groups in total. The molecule has 0 radical (unpaired) electrons. The van der Waals surface area contributed by atoms with E-state index < -0.39 is 17.6 Å². The Hall–Kier alpha value is -3.16. The Labute approximate surface area is 197 Å². The fourth-order valence-electron chi connectivity index (χ4n) is 4.53. The van der Waals surface area contributed by atoms with Crippen LogP contribution in [0.5, 0.6) is 0 Å². The molecule has 0 bridgehead atoms. The number of Topliss-reactive ketones (excluding diaryl/α,β-unsaturated/α-hetero) is 1. The molecule has 0 fully saturated rings. The van der Waals surface area contributed by atoms with Crippen molar-refractivity contribution >= 4 is 17.5 Å². The van der Waals surface area contributed by atoms with Gasteiger partial charge in [-0.2, -0.15) is 13.2 Å². The number of benzene rings is 1. The molecule has 5 nitrogen and oxygen atoms in total. The maximum absolute atomic E-state index is 13.3. The monoisotopic (exact) mass is 471 g/mol. The molecular weight excluding hydrogens is 443 g/mol. The van der Waals surface area contributed by atoms with Crippen LogP contribution in [-0.2, 0) is 6.18 Å². The first-order chi connectivity index (χ1) is 16.1. The molecule has 2 aliphatic heterocycles. The summed E-state index contributed by atoms with van der Waals surface area (Å²) in [6.07, 6.45) is -0.569. The van der Waals surface area contributed by atoms with Gasteiger partial charge >= 0.3 is 6.18 Å². The molecule has 2 aliphatic rings. The molecule has 0 saturated heterocycles. The number of carbonyl (C=O) groups is 2. The topological polar surface area (TPSA) is 53.5 Å². The van der Waals surface area contributed by atoms with Gasteiger partial charge in [0.2, 0.25) is 0 Å². The number of carbonyl (C=O) groups excluding carboxylic acids is 2. The molecule has 0 atom stereocenters. The van der Waals surface area contributed by atoms with Crippen LogP contribution in [0.25, 0.3) is 0 Å². The highest BCUT2D eigenvalue weighted by Gasteiger charge is 2.38. The summed E-state index contributed by atoms with van der Waals surface area (Å²) in [6, 6.07) is 8.55. The van der Waals surface area contributed by atoms with E-state index in [4.69, 9.17) is 0 Å². The number of halogens is 3. The van der Waals surface area contributed by atoms with Gasteiger partial charge < -0.3 is 9.80 Å². The van der Waals surface area contributed by atoms with Crippen LogP contribution in [0, 0.1) is 5.92 Å².